The van der Waals surface area contributed by atoms with Crippen molar-refractivity contribution >= 4 is 23.4 Å². The van der Waals surface area contributed by atoms with Crippen molar-refractivity contribution in [1.82, 2.24) is 9.97 Å². The van der Waals surface area contributed by atoms with Crippen LogP contribution in [0.2, 0.25) is 5.28 Å². The first kappa shape index (κ1) is 13.6. The van der Waals surface area contributed by atoms with E-state index < -0.39 is 5.97 Å². The van der Waals surface area contributed by atoms with Crippen LogP contribution in [0.5, 0.6) is 0 Å². The second kappa shape index (κ2) is 5.85. The Hall–Kier alpha value is -1.87. The minimum Gasteiger partial charge on any atom is -0.477 e. The third kappa shape index (κ3) is 3.32. The molecule has 7 heteroatoms. The topological polar surface area (TPSA) is 98.9 Å². The number of carbonyl (C=O) groups is 1. The van der Waals surface area contributed by atoms with Gasteiger partial charge in [0.15, 0.2) is 0 Å². The summed E-state index contributed by atoms with van der Waals surface area (Å²) >= 11 is 5.69. The molecule has 0 aliphatic heterocycles. The Kier molecular flexibility index (Phi) is 4.17. The minimum absolute atomic E-state index is 0.00630. The lowest BCUT2D eigenvalue weighted by molar-refractivity contribution is 0.0697. The van der Waals surface area contributed by atoms with Gasteiger partial charge < -0.3 is 10.4 Å². The van der Waals surface area contributed by atoms with E-state index in [-0.39, 0.29) is 28.6 Å². The maximum absolute atomic E-state index is 11.1. The molecule has 0 aromatic carbocycles. The van der Waals surface area contributed by atoms with Gasteiger partial charge in [-0.2, -0.15) is 10.2 Å². The highest BCUT2D eigenvalue weighted by atomic mass is 35.5. The third-order valence-electron chi connectivity index (χ3n) is 3.24. The normalized spacial score (nSPS) is 22.5. The fourth-order valence-corrected chi connectivity index (χ4v) is 2.32. The zero-order valence-corrected chi connectivity index (χ0v) is 10.9. The number of carboxylic acid groups (broad SMARTS) is 1. The number of aromatic carboxylic acids is 1. The van der Waals surface area contributed by atoms with Crippen LogP contribution < -0.4 is 5.32 Å². The van der Waals surface area contributed by atoms with Gasteiger partial charge in [-0.05, 0) is 37.3 Å². The smallest absolute Gasteiger partial charge is 0.341 e. The number of rotatable bonds is 3. The molecule has 100 valence electrons. The quantitative estimate of drug-likeness (QED) is 0.824. The molecule has 1 saturated carbocycles. The van der Waals surface area contributed by atoms with Gasteiger partial charge in [0.2, 0.25) is 5.28 Å². The SMILES string of the molecule is N#C[C@H]1CC[C@@H](Nc2nc(Cl)ncc2C(=O)O)CC1. The van der Waals surface area contributed by atoms with Crippen LogP contribution in [0.1, 0.15) is 36.0 Å². The number of hydrogen-bond acceptors (Lipinski definition) is 5. The standard InChI is InChI=1S/C12H13ClN4O2/c13-12-15-6-9(11(18)19)10(17-12)16-8-3-1-7(5-14)2-4-8/h6-8H,1-4H2,(H,18,19)(H,15,16,17)/t7-,8+. The third-order valence-corrected chi connectivity index (χ3v) is 3.42. The maximum Gasteiger partial charge on any atom is 0.341 e. The van der Waals surface area contributed by atoms with Crippen molar-refractivity contribution in [1.29, 1.82) is 5.26 Å². The summed E-state index contributed by atoms with van der Waals surface area (Å²) in [7, 11) is 0. The molecule has 0 bridgehead atoms. The molecule has 0 amide bonds. The number of nitriles is 1. The van der Waals surface area contributed by atoms with Crippen LogP contribution in [0.3, 0.4) is 0 Å². The molecule has 0 unspecified atom stereocenters. The molecule has 2 N–H and O–H groups in total. The number of anilines is 1. The average Bonchev–Trinajstić information content (AvgIpc) is 2.39. The van der Waals surface area contributed by atoms with Crippen LogP contribution in [0, 0.1) is 17.2 Å². The molecular weight excluding hydrogens is 268 g/mol. The fraction of sp³-hybridized carbons (Fsp3) is 0.500. The molecule has 19 heavy (non-hydrogen) atoms. The van der Waals surface area contributed by atoms with E-state index in [1.807, 2.05) is 0 Å². The highest BCUT2D eigenvalue weighted by molar-refractivity contribution is 6.28. The molecule has 0 radical (unpaired) electrons. The molecule has 0 saturated heterocycles. The Morgan fingerprint density at radius 3 is 2.74 bits per heavy atom. The summed E-state index contributed by atoms with van der Waals surface area (Å²) in [5.41, 5.74) is 0.00630. The van der Waals surface area contributed by atoms with Crippen molar-refractivity contribution in [2.75, 3.05) is 5.32 Å². The van der Waals surface area contributed by atoms with Gasteiger partial charge in [0.05, 0.1) is 6.07 Å². The number of carboxylic acids is 1. The lowest BCUT2D eigenvalue weighted by Gasteiger charge is -2.26. The molecule has 1 aromatic rings. The first-order valence-electron chi connectivity index (χ1n) is 6.02. The van der Waals surface area contributed by atoms with Gasteiger partial charge in [0.1, 0.15) is 11.4 Å². The van der Waals surface area contributed by atoms with E-state index in [2.05, 4.69) is 21.4 Å². The Morgan fingerprint density at radius 2 is 2.16 bits per heavy atom. The number of nitrogens with one attached hydrogen (secondary N) is 1. The zero-order chi connectivity index (χ0) is 13.8. The molecular formula is C12H13ClN4O2. The van der Waals surface area contributed by atoms with Crippen molar-refractivity contribution in [3.05, 3.63) is 17.0 Å². The lowest BCUT2D eigenvalue weighted by Crippen LogP contribution is -2.27. The number of hydrogen-bond donors (Lipinski definition) is 2. The van der Waals surface area contributed by atoms with Crippen molar-refractivity contribution in [2.24, 2.45) is 5.92 Å². The molecule has 1 aliphatic carbocycles. The van der Waals surface area contributed by atoms with Gasteiger partial charge in [-0.3, -0.25) is 0 Å². The summed E-state index contributed by atoms with van der Waals surface area (Å²) in [5, 5.41) is 21.0. The Morgan fingerprint density at radius 1 is 1.47 bits per heavy atom. The highest BCUT2D eigenvalue weighted by Crippen LogP contribution is 2.26. The van der Waals surface area contributed by atoms with E-state index in [0.29, 0.717) is 0 Å². The lowest BCUT2D eigenvalue weighted by atomic mass is 9.87. The molecule has 0 atom stereocenters. The van der Waals surface area contributed by atoms with Crippen LogP contribution in [0.15, 0.2) is 6.20 Å². The van der Waals surface area contributed by atoms with Crippen molar-refractivity contribution < 1.29 is 9.90 Å². The molecule has 6 nitrogen and oxygen atoms in total. The first-order valence-corrected chi connectivity index (χ1v) is 6.40. The summed E-state index contributed by atoms with van der Waals surface area (Å²) in [6.45, 7) is 0. The monoisotopic (exact) mass is 280 g/mol. The maximum atomic E-state index is 11.1. The largest absolute Gasteiger partial charge is 0.477 e. The van der Waals surface area contributed by atoms with Gasteiger partial charge in [-0.25, -0.2) is 9.78 Å². The van der Waals surface area contributed by atoms with E-state index in [0.717, 1.165) is 25.7 Å². The second-order valence-electron chi connectivity index (χ2n) is 4.53. The Balaban J connectivity index is 2.09. The summed E-state index contributed by atoms with van der Waals surface area (Å²) < 4.78 is 0. The zero-order valence-electron chi connectivity index (χ0n) is 10.1. The number of nitrogens with zero attached hydrogens (tertiary/aromatic N) is 3. The van der Waals surface area contributed by atoms with Gasteiger partial charge in [-0.15, -0.1) is 0 Å². The molecule has 1 heterocycles. The van der Waals surface area contributed by atoms with Crippen LogP contribution in [-0.4, -0.2) is 27.1 Å². The number of aromatic nitrogens is 2. The molecule has 2 rings (SSSR count). The first-order chi connectivity index (χ1) is 9.10. The molecule has 1 aliphatic rings. The van der Waals surface area contributed by atoms with Gasteiger partial charge in [0.25, 0.3) is 0 Å². The van der Waals surface area contributed by atoms with Gasteiger partial charge >= 0.3 is 5.97 Å². The Bertz CT molecular complexity index is 521. The molecule has 1 fully saturated rings. The van der Waals surface area contributed by atoms with E-state index in [1.54, 1.807) is 0 Å². The van der Waals surface area contributed by atoms with Crippen LogP contribution in [0.25, 0.3) is 0 Å². The summed E-state index contributed by atoms with van der Waals surface area (Å²) in [5.74, 6) is -0.747. The summed E-state index contributed by atoms with van der Waals surface area (Å²) in [6.07, 6.45) is 4.46. The van der Waals surface area contributed by atoms with Gasteiger partial charge in [0, 0.05) is 18.2 Å². The van der Waals surface area contributed by atoms with Crippen molar-refractivity contribution in [3.63, 3.8) is 0 Å². The van der Waals surface area contributed by atoms with E-state index >= 15 is 0 Å². The van der Waals surface area contributed by atoms with Crippen LogP contribution in [0.4, 0.5) is 5.82 Å². The van der Waals surface area contributed by atoms with Crippen LogP contribution >= 0.6 is 11.6 Å². The van der Waals surface area contributed by atoms with Crippen molar-refractivity contribution in [3.8, 4) is 6.07 Å². The van der Waals surface area contributed by atoms with Gasteiger partial charge in [-0.1, -0.05) is 0 Å². The predicted molar refractivity (Wildman–Crippen MR) is 69.0 cm³/mol. The highest BCUT2D eigenvalue weighted by Gasteiger charge is 2.23. The summed E-state index contributed by atoms with van der Waals surface area (Å²) in [4.78, 5) is 18.7. The fourth-order valence-electron chi connectivity index (χ4n) is 2.19. The van der Waals surface area contributed by atoms with E-state index in [4.69, 9.17) is 22.0 Å². The van der Waals surface area contributed by atoms with E-state index in [1.165, 1.54) is 6.20 Å². The molecule has 0 spiro atoms. The average molecular weight is 281 g/mol. The Labute approximate surface area is 115 Å². The summed E-state index contributed by atoms with van der Waals surface area (Å²) in [6, 6.07) is 2.38. The number of halogens is 1. The van der Waals surface area contributed by atoms with Crippen molar-refractivity contribution in [2.45, 2.75) is 31.7 Å². The second-order valence-corrected chi connectivity index (χ2v) is 4.87. The molecule has 1 aromatic heterocycles. The van der Waals surface area contributed by atoms with E-state index in [9.17, 15) is 4.79 Å². The van der Waals surface area contributed by atoms with Crippen LogP contribution in [-0.2, 0) is 0 Å². The predicted octanol–water partition coefficient (Wildman–Crippen LogP) is 2.32. The minimum atomic E-state index is -1.09.